The number of ether oxygens (including phenoxy) is 1. The van der Waals surface area contributed by atoms with Crippen molar-refractivity contribution in [3.63, 3.8) is 0 Å². The number of amides is 1. The van der Waals surface area contributed by atoms with Gasteiger partial charge in [0.15, 0.2) is 0 Å². The fourth-order valence-corrected chi connectivity index (χ4v) is 2.62. The lowest BCUT2D eigenvalue weighted by Crippen LogP contribution is -2.45. The van der Waals surface area contributed by atoms with Crippen molar-refractivity contribution in [2.75, 3.05) is 19.7 Å². The smallest absolute Gasteiger partial charge is 0.287 e. The second-order valence-electron chi connectivity index (χ2n) is 4.96. The molecule has 1 heterocycles. The van der Waals surface area contributed by atoms with Crippen molar-refractivity contribution in [3.8, 4) is 0 Å². The summed E-state index contributed by atoms with van der Waals surface area (Å²) in [6.45, 7) is 3.65. The number of halogens is 1. The summed E-state index contributed by atoms with van der Waals surface area (Å²) in [7, 11) is 0. The number of carbonyl (C=O) groups excluding carboxylic acids is 1. The molecule has 21 heavy (non-hydrogen) atoms. The average molecular weight is 313 g/mol. The molecule has 1 aromatic rings. The van der Waals surface area contributed by atoms with Crippen LogP contribution in [0.15, 0.2) is 18.2 Å². The molecule has 1 unspecified atom stereocenters. The molecule has 1 aliphatic heterocycles. The van der Waals surface area contributed by atoms with Gasteiger partial charge in [-0.3, -0.25) is 14.9 Å². The third-order valence-electron chi connectivity index (χ3n) is 3.43. The van der Waals surface area contributed by atoms with E-state index >= 15 is 0 Å². The number of hydrogen-bond acceptors (Lipinski definition) is 4. The Balaban J connectivity index is 2.12. The zero-order chi connectivity index (χ0) is 15.4. The van der Waals surface area contributed by atoms with Crippen molar-refractivity contribution in [1.82, 2.24) is 4.90 Å². The van der Waals surface area contributed by atoms with E-state index in [4.69, 9.17) is 16.3 Å². The Labute approximate surface area is 127 Å². The summed E-state index contributed by atoms with van der Waals surface area (Å²) in [5.74, 6) is -0.170. The molecule has 1 aliphatic rings. The Morgan fingerprint density at radius 3 is 2.95 bits per heavy atom. The van der Waals surface area contributed by atoms with Crippen LogP contribution in [0.3, 0.4) is 0 Å². The molecule has 6 nitrogen and oxygen atoms in total. The van der Waals surface area contributed by atoms with E-state index < -0.39 is 4.92 Å². The predicted octanol–water partition coefficient (Wildman–Crippen LogP) is 2.89. The van der Waals surface area contributed by atoms with E-state index in [1.165, 1.54) is 18.2 Å². The highest BCUT2D eigenvalue weighted by Crippen LogP contribution is 2.26. The number of hydrogen-bond donors (Lipinski definition) is 0. The Hall–Kier alpha value is -1.66. The van der Waals surface area contributed by atoms with Crippen molar-refractivity contribution < 1.29 is 14.5 Å². The monoisotopic (exact) mass is 312 g/mol. The third kappa shape index (κ3) is 3.71. The van der Waals surface area contributed by atoms with Gasteiger partial charge in [0.2, 0.25) is 0 Å². The van der Waals surface area contributed by atoms with Gasteiger partial charge >= 0.3 is 0 Å². The van der Waals surface area contributed by atoms with Crippen molar-refractivity contribution in [3.05, 3.63) is 38.9 Å². The van der Waals surface area contributed by atoms with E-state index in [0.717, 1.165) is 12.8 Å². The van der Waals surface area contributed by atoms with Crippen LogP contribution in [0.2, 0.25) is 5.02 Å². The Morgan fingerprint density at radius 1 is 1.57 bits per heavy atom. The second-order valence-corrected chi connectivity index (χ2v) is 5.36. The highest BCUT2D eigenvalue weighted by Gasteiger charge is 2.25. The maximum absolute atomic E-state index is 12.4. The molecule has 0 N–H and O–H groups in total. The summed E-state index contributed by atoms with van der Waals surface area (Å²) < 4.78 is 5.60. The van der Waals surface area contributed by atoms with Crippen LogP contribution in [0.25, 0.3) is 0 Å². The normalized spacial score (nSPS) is 18.6. The van der Waals surface area contributed by atoms with E-state index in [1.807, 2.05) is 0 Å². The van der Waals surface area contributed by atoms with Gasteiger partial charge in [0, 0.05) is 24.7 Å². The zero-order valence-electron chi connectivity index (χ0n) is 11.8. The molecule has 2 rings (SSSR count). The van der Waals surface area contributed by atoms with Gasteiger partial charge in [-0.1, -0.05) is 24.9 Å². The fourth-order valence-electron chi connectivity index (χ4n) is 2.37. The highest BCUT2D eigenvalue weighted by molar-refractivity contribution is 6.33. The predicted molar refractivity (Wildman–Crippen MR) is 78.7 cm³/mol. The van der Waals surface area contributed by atoms with E-state index in [2.05, 4.69) is 6.92 Å². The summed E-state index contributed by atoms with van der Waals surface area (Å²) >= 11 is 5.85. The summed E-state index contributed by atoms with van der Waals surface area (Å²) in [4.78, 5) is 24.3. The summed E-state index contributed by atoms with van der Waals surface area (Å²) in [6.07, 6.45) is 1.96. The van der Waals surface area contributed by atoms with Crippen LogP contribution in [0.1, 0.15) is 30.1 Å². The minimum atomic E-state index is -0.567. The number of nitro benzene ring substituents is 1. The van der Waals surface area contributed by atoms with Gasteiger partial charge in [-0.2, -0.15) is 0 Å². The maximum Gasteiger partial charge on any atom is 0.287 e. The first-order chi connectivity index (χ1) is 10.0. The number of carbonyl (C=O) groups is 1. The lowest BCUT2D eigenvalue weighted by Gasteiger charge is -2.33. The molecule has 114 valence electrons. The molecule has 7 heteroatoms. The molecular weight excluding hydrogens is 296 g/mol. The summed E-state index contributed by atoms with van der Waals surface area (Å²) in [6, 6.07) is 4.06. The molecule has 1 fully saturated rings. The lowest BCUT2D eigenvalue weighted by molar-refractivity contribution is -0.384. The lowest BCUT2D eigenvalue weighted by atomic mass is 10.1. The maximum atomic E-state index is 12.4. The van der Waals surface area contributed by atoms with E-state index in [-0.39, 0.29) is 22.7 Å². The van der Waals surface area contributed by atoms with Crippen LogP contribution >= 0.6 is 11.6 Å². The van der Waals surface area contributed by atoms with Crippen LogP contribution in [0.5, 0.6) is 0 Å². The minimum Gasteiger partial charge on any atom is -0.375 e. The number of nitro groups is 1. The first-order valence-electron chi connectivity index (χ1n) is 6.87. The van der Waals surface area contributed by atoms with Gasteiger partial charge in [0.1, 0.15) is 5.02 Å². The van der Waals surface area contributed by atoms with Gasteiger partial charge < -0.3 is 9.64 Å². The van der Waals surface area contributed by atoms with Crippen molar-refractivity contribution >= 4 is 23.2 Å². The number of morpholine rings is 1. The van der Waals surface area contributed by atoms with Gasteiger partial charge in [0.05, 0.1) is 17.6 Å². The molecule has 0 saturated carbocycles. The van der Waals surface area contributed by atoms with Crippen molar-refractivity contribution in [2.24, 2.45) is 0 Å². The average Bonchev–Trinajstić information content (AvgIpc) is 2.46. The molecule has 1 aromatic carbocycles. The number of benzene rings is 1. The largest absolute Gasteiger partial charge is 0.375 e. The van der Waals surface area contributed by atoms with Crippen LogP contribution in [0, 0.1) is 10.1 Å². The second kappa shape index (κ2) is 6.87. The van der Waals surface area contributed by atoms with Crippen molar-refractivity contribution in [1.29, 1.82) is 0 Å². The molecule has 1 saturated heterocycles. The van der Waals surface area contributed by atoms with Crippen LogP contribution in [0.4, 0.5) is 5.69 Å². The highest BCUT2D eigenvalue weighted by atomic mass is 35.5. The standard InChI is InChI=1S/C14H17ClN2O4/c1-2-3-11-9-16(6-7-21-11)14(18)10-4-5-13(17(19)20)12(15)8-10/h4-5,8,11H,2-3,6-7,9H2,1H3. The Kier molecular flexibility index (Phi) is 5.14. The zero-order valence-corrected chi connectivity index (χ0v) is 12.5. The van der Waals surface area contributed by atoms with Crippen LogP contribution < -0.4 is 0 Å². The molecule has 0 radical (unpaired) electrons. The van der Waals surface area contributed by atoms with E-state index in [1.54, 1.807) is 4.90 Å². The molecule has 0 spiro atoms. The van der Waals surface area contributed by atoms with Crippen molar-refractivity contribution in [2.45, 2.75) is 25.9 Å². The van der Waals surface area contributed by atoms with Gasteiger partial charge in [-0.25, -0.2) is 0 Å². The molecule has 0 bridgehead atoms. The van der Waals surface area contributed by atoms with Gasteiger partial charge in [0.25, 0.3) is 11.6 Å². The molecule has 1 atom stereocenters. The minimum absolute atomic E-state index is 0.0239. The Morgan fingerprint density at radius 2 is 2.33 bits per heavy atom. The molecular formula is C14H17ClN2O4. The third-order valence-corrected chi connectivity index (χ3v) is 3.73. The van der Waals surface area contributed by atoms with Crippen LogP contribution in [-0.2, 0) is 4.74 Å². The Bertz CT molecular complexity index is 548. The molecule has 0 aliphatic carbocycles. The SMILES string of the molecule is CCCC1CN(C(=O)c2ccc([N+](=O)[O-])c(Cl)c2)CCO1. The van der Waals surface area contributed by atoms with E-state index in [0.29, 0.717) is 25.3 Å². The first kappa shape index (κ1) is 15.7. The summed E-state index contributed by atoms with van der Waals surface area (Å²) in [5, 5.41) is 10.7. The van der Waals surface area contributed by atoms with E-state index in [9.17, 15) is 14.9 Å². The number of nitrogens with zero attached hydrogens (tertiary/aromatic N) is 2. The molecule has 0 aromatic heterocycles. The quantitative estimate of drug-likeness (QED) is 0.633. The number of rotatable bonds is 4. The first-order valence-corrected chi connectivity index (χ1v) is 7.25. The van der Waals surface area contributed by atoms with Crippen LogP contribution in [-0.4, -0.2) is 41.5 Å². The van der Waals surface area contributed by atoms with Gasteiger partial charge in [-0.15, -0.1) is 0 Å². The molecule has 1 amide bonds. The fraction of sp³-hybridized carbons (Fsp3) is 0.500. The topological polar surface area (TPSA) is 72.7 Å². The van der Waals surface area contributed by atoms with Gasteiger partial charge in [-0.05, 0) is 18.6 Å². The summed E-state index contributed by atoms with van der Waals surface area (Å²) in [5.41, 5.74) is 0.168.